The van der Waals surface area contributed by atoms with Crippen LogP contribution in [0.1, 0.15) is 91.4 Å². The Balaban J connectivity index is 3.68. The van der Waals surface area contributed by atoms with E-state index in [1.165, 1.54) is 13.8 Å². The van der Waals surface area contributed by atoms with Crippen molar-refractivity contribution in [2.75, 3.05) is 26.4 Å². The molecule has 13 atom stereocenters. The number of phosphoric acid groups is 2. The van der Waals surface area contributed by atoms with Gasteiger partial charge in [-0.05, 0) is 51.5 Å². The second-order valence-electron chi connectivity index (χ2n) is 22.0. The summed E-state index contributed by atoms with van der Waals surface area (Å²) < 4.78 is 32.6. The fourth-order valence-corrected chi connectivity index (χ4v) is 9.17. The molecule has 1 saturated heterocycles. The molecule has 49 heteroatoms. The van der Waals surface area contributed by atoms with E-state index >= 15 is 0 Å². The third-order valence-electron chi connectivity index (χ3n) is 13.5. The molecule has 27 N–H and O–H groups in total. The highest BCUT2D eigenvalue weighted by atomic mass is 31.2. The highest BCUT2D eigenvalue weighted by Gasteiger charge is 2.40. The Labute approximate surface area is 558 Å². The van der Waals surface area contributed by atoms with Crippen molar-refractivity contribution in [1.29, 1.82) is 0 Å². The Morgan fingerprint density at radius 2 is 0.778 bits per heavy atom. The van der Waals surface area contributed by atoms with Crippen LogP contribution >= 0.6 is 15.6 Å². The second kappa shape index (κ2) is 41.7. The van der Waals surface area contributed by atoms with Crippen LogP contribution in [0.2, 0.25) is 0 Å². The number of amides is 13. The van der Waals surface area contributed by atoms with Crippen molar-refractivity contribution in [2.45, 2.75) is 170 Å². The van der Waals surface area contributed by atoms with Crippen LogP contribution in [0.4, 0.5) is 0 Å². The molecule has 0 spiro atoms. The molecule has 0 aromatic rings. The van der Waals surface area contributed by atoms with E-state index in [0.29, 0.717) is 19.4 Å². The summed E-state index contributed by atoms with van der Waals surface area (Å²) in [7, 11) is -11.4. The van der Waals surface area contributed by atoms with E-state index < -0.39 is 284 Å². The van der Waals surface area contributed by atoms with Crippen LogP contribution in [0.25, 0.3) is 0 Å². The molecule has 0 unspecified atom stereocenters. The van der Waals surface area contributed by atoms with Crippen molar-refractivity contribution >= 4 is 122 Å². The highest BCUT2D eigenvalue weighted by molar-refractivity contribution is 7.46. The lowest BCUT2D eigenvalue weighted by molar-refractivity contribution is -0.148. The Morgan fingerprint density at radius 1 is 0.434 bits per heavy atom. The maximum Gasteiger partial charge on any atom is 0.469 e. The zero-order valence-electron chi connectivity index (χ0n) is 52.6. The van der Waals surface area contributed by atoms with Crippen LogP contribution < -0.4 is 75.3 Å². The van der Waals surface area contributed by atoms with Crippen LogP contribution in [0, 0.1) is 5.92 Å². The number of primary amides is 2. The second-order valence-corrected chi connectivity index (χ2v) is 24.5. The molecule has 0 bridgehead atoms. The van der Waals surface area contributed by atoms with E-state index in [1.54, 1.807) is 16.0 Å². The van der Waals surface area contributed by atoms with Gasteiger partial charge in [0.2, 0.25) is 76.8 Å². The van der Waals surface area contributed by atoms with Crippen molar-refractivity contribution in [3.63, 3.8) is 0 Å². The van der Waals surface area contributed by atoms with Gasteiger partial charge in [-0.1, -0.05) is 13.8 Å². The van der Waals surface area contributed by atoms with Crippen molar-refractivity contribution in [2.24, 2.45) is 17.4 Å². The zero-order chi connectivity index (χ0) is 76.0. The van der Waals surface area contributed by atoms with E-state index in [-0.39, 0.29) is 0 Å². The summed E-state index contributed by atoms with van der Waals surface area (Å²) in [6, 6.07) is -24.7. The van der Waals surface area contributed by atoms with E-state index in [1.807, 2.05) is 26.6 Å². The van der Waals surface area contributed by atoms with Gasteiger partial charge in [0, 0.05) is 19.3 Å². The van der Waals surface area contributed by atoms with Gasteiger partial charge in [-0.25, -0.2) is 13.9 Å². The number of nitrogens with two attached hydrogens (primary N) is 2. The summed E-state index contributed by atoms with van der Waals surface area (Å²) in [5, 5.41) is 92.0. The normalized spacial score (nSPS) is 16.5. The summed E-state index contributed by atoms with van der Waals surface area (Å²) in [6.07, 6.45) is -9.71. The minimum atomic E-state index is -5.73. The molecule has 1 aliphatic heterocycles. The van der Waals surface area contributed by atoms with Crippen LogP contribution in [0.3, 0.4) is 0 Å². The average molecular weight is 1470 g/mol. The summed E-state index contributed by atoms with van der Waals surface area (Å²) in [5.74, 6) is -28.4. The summed E-state index contributed by atoms with van der Waals surface area (Å²) in [5.41, 5.74) is 10.5. The van der Waals surface area contributed by atoms with E-state index in [4.69, 9.17) is 16.6 Å². The number of carbonyl (C=O) groups excluding carboxylic acids is 13. The van der Waals surface area contributed by atoms with Crippen molar-refractivity contribution < 1.29 is 160 Å². The Morgan fingerprint density at radius 3 is 1.17 bits per heavy atom. The molecule has 0 aromatic heterocycles. The number of carbonyl (C=O) groups is 18. The molecular formula is C50H80N14O33P2. The van der Waals surface area contributed by atoms with Crippen molar-refractivity contribution in [3.8, 4) is 0 Å². The fourth-order valence-electron chi connectivity index (χ4n) is 8.49. The molecular weight excluding hydrogens is 1390 g/mol. The van der Waals surface area contributed by atoms with E-state index in [0.717, 1.165) is 6.92 Å². The Kier molecular flexibility index (Phi) is 36.9. The molecule has 0 radical (unpaired) electrons. The molecule has 13 amide bonds. The molecule has 1 fully saturated rings. The number of hydrogen-bond donors (Lipinski definition) is 25. The number of aliphatic hydroxyl groups is 2. The maximum absolute atomic E-state index is 14.0. The smallest absolute Gasteiger partial charge is 0.469 e. The first-order valence-corrected chi connectivity index (χ1v) is 32.2. The molecule has 1 heterocycles. The first kappa shape index (κ1) is 87.6. The third kappa shape index (κ3) is 34.6. The number of nitrogens with one attached hydrogen (secondary N) is 12. The number of carboxylic acid groups (broad SMARTS) is 5. The first-order chi connectivity index (χ1) is 45.7. The van der Waals surface area contributed by atoms with Gasteiger partial charge in [-0.15, -0.1) is 0 Å². The topological polar surface area (TPSA) is 779 Å². The molecule has 0 aliphatic carbocycles. The van der Waals surface area contributed by atoms with Gasteiger partial charge in [-0.3, -0.25) is 90.6 Å². The number of hydrogen-bond acceptors (Lipinski definition) is 25. The standard InChI is InChI=1S/C50H80N14O33P2/c1-19(2)37(63-45(83)28(16-65)60-43(81)25(13-32(52)68)57-41(79)22(6-9-31(51)67)54-39(77)21-5-4-12-53-21)48(86)62-30(18-97-99(93,94)95)47(85)61-29(17-96-98(90,91)92)46(84)56-23(7-10-33(69)70)40(78)55-24(8-11-34(71)72)42(80)64-38(20(3)66)49(87)58-26(14-35(73)74)44(82)59-27(50(88)89)15-36(75)76/h19-30,37-38,53,65-66H,4-18H2,1-3H3,(H2,51,67)(H2,52,68)(H,54,77)(H,55,78)(H,56,84)(H,57,79)(H,58,87)(H,59,82)(H,60,81)(H,61,85)(H,62,86)(H,63,83)(H,64,80)(H,69,70)(H,71,72)(H,73,74)(H,75,76)(H,88,89)(H2,90,91,92)(H2,93,94,95)/t20-,21+,22+,23+,24+,25+,26+,27+,28+,29+,30+,37+,38+/m1/s1. The summed E-state index contributed by atoms with van der Waals surface area (Å²) in [6.45, 7) is -0.827. The lowest BCUT2D eigenvalue weighted by Gasteiger charge is -2.29. The zero-order valence-corrected chi connectivity index (χ0v) is 54.4. The Bertz CT molecular complexity index is 3090. The largest absolute Gasteiger partial charge is 0.481 e. The van der Waals surface area contributed by atoms with Crippen LogP contribution in [-0.2, 0) is 104 Å². The first-order valence-electron chi connectivity index (χ1n) is 29.2. The van der Waals surface area contributed by atoms with Gasteiger partial charge in [0.05, 0.1) is 51.2 Å². The molecule has 47 nitrogen and oxygen atoms in total. The molecule has 99 heavy (non-hydrogen) atoms. The van der Waals surface area contributed by atoms with Crippen LogP contribution in [0.5, 0.6) is 0 Å². The quantitative estimate of drug-likeness (QED) is 0.0252. The lowest BCUT2D eigenvalue weighted by atomic mass is 10.0. The number of carboxylic acids is 5. The van der Waals surface area contributed by atoms with Crippen LogP contribution in [-0.4, -0.2) is 267 Å². The minimum absolute atomic E-state index is 0.368. The molecule has 0 saturated carbocycles. The minimum Gasteiger partial charge on any atom is -0.481 e. The SMILES string of the molecule is CC(C)[C@H](NC(=O)[C@H](CO)NC(=O)[C@H](CC(N)=O)NC(=O)[C@H](CCC(N)=O)NC(=O)[C@@H]1CCCN1)C(=O)N[C@@H](COP(=O)(O)O)C(=O)N[C@@H](COP(=O)(O)O)C(=O)N[C@@H](CCC(=O)O)C(=O)N[C@@H](CCC(=O)O)C(=O)N[C@H](C(=O)N[C@@H](CC(=O)O)C(=O)N[C@@H](CC(=O)O)C(=O)O)[C@@H](C)O. The number of phosphoric ester groups is 2. The monoisotopic (exact) mass is 1470 g/mol. The number of rotatable bonds is 47. The van der Waals surface area contributed by atoms with Gasteiger partial charge in [0.25, 0.3) is 0 Å². The predicted octanol–water partition coefficient (Wildman–Crippen LogP) is -11.8. The van der Waals surface area contributed by atoms with Crippen molar-refractivity contribution in [1.82, 2.24) is 63.8 Å². The van der Waals surface area contributed by atoms with Crippen molar-refractivity contribution in [3.05, 3.63) is 0 Å². The maximum atomic E-state index is 14.0. The van der Waals surface area contributed by atoms with Gasteiger partial charge < -0.3 is 131 Å². The fraction of sp³-hybridized carbons (Fsp3) is 0.640. The lowest BCUT2D eigenvalue weighted by Crippen LogP contribution is -2.63. The molecule has 1 rings (SSSR count). The molecule has 0 aromatic carbocycles. The predicted molar refractivity (Wildman–Crippen MR) is 320 cm³/mol. The van der Waals surface area contributed by atoms with Gasteiger partial charge >= 0.3 is 45.5 Å². The van der Waals surface area contributed by atoms with Gasteiger partial charge in [0.1, 0.15) is 66.5 Å². The summed E-state index contributed by atoms with van der Waals surface area (Å²) in [4.78, 5) is 270. The van der Waals surface area contributed by atoms with Crippen LogP contribution in [0.15, 0.2) is 0 Å². The van der Waals surface area contributed by atoms with E-state index in [2.05, 4.69) is 30.3 Å². The van der Waals surface area contributed by atoms with E-state index in [9.17, 15) is 146 Å². The average Bonchev–Trinajstić information content (AvgIpc) is 1.03. The summed E-state index contributed by atoms with van der Waals surface area (Å²) >= 11 is 0. The third-order valence-corrected chi connectivity index (χ3v) is 14.5. The molecule has 1 aliphatic rings. The Hall–Kier alpha value is -9.44. The highest BCUT2D eigenvalue weighted by Crippen LogP contribution is 2.36. The number of aliphatic hydroxyl groups excluding tert-OH is 2. The van der Waals surface area contributed by atoms with Gasteiger partial charge in [-0.2, -0.15) is 0 Å². The number of aliphatic carboxylic acids is 5. The molecule has 558 valence electrons. The van der Waals surface area contributed by atoms with Gasteiger partial charge in [0.15, 0.2) is 0 Å².